The predicted octanol–water partition coefficient (Wildman–Crippen LogP) is 6.57. The number of nitrogens with two attached hydrogens (primary N) is 1. The highest BCUT2D eigenvalue weighted by Crippen LogP contribution is 2.45. The summed E-state index contributed by atoms with van der Waals surface area (Å²) < 4.78 is 36.1. The fraction of sp³-hybridized carbons (Fsp3) is 0.412. The van der Waals surface area contributed by atoms with Crippen LogP contribution < -0.4 is 15.3 Å². The van der Waals surface area contributed by atoms with Gasteiger partial charge in [0.15, 0.2) is 5.78 Å². The summed E-state index contributed by atoms with van der Waals surface area (Å²) in [6.07, 6.45) is 1.81. The van der Waals surface area contributed by atoms with Gasteiger partial charge in [0.2, 0.25) is 0 Å². The van der Waals surface area contributed by atoms with E-state index in [1.807, 2.05) is 24.3 Å². The molecule has 10 heteroatoms. The molecule has 9 nitrogen and oxygen atoms in total. The molecule has 0 spiro atoms. The number of carbonyl (C=O) groups excluding carboxylic acids is 2. The summed E-state index contributed by atoms with van der Waals surface area (Å²) in [6, 6.07) is 23.3. The highest BCUT2D eigenvalue weighted by atomic mass is 31.2. The lowest BCUT2D eigenvalue weighted by atomic mass is 10.0. The van der Waals surface area contributed by atoms with Gasteiger partial charge in [-0.2, -0.15) is 5.09 Å². The molecule has 238 valence electrons. The van der Waals surface area contributed by atoms with Gasteiger partial charge in [-0.25, -0.2) is 4.57 Å². The molecule has 1 unspecified atom stereocenters. The molecule has 0 aromatic heterocycles. The number of para-hydroxylation sites is 1. The van der Waals surface area contributed by atoms with Gasteiger partial charge in [0.25, 0.3) is 0 Å². The second kappa shape index (κ2) is 16.7. The summed E-state index contributed by atoms with van der Waals surface area (Å²) in [7, 11) is -4.04. The second-order valence-corrected chi connectivity index (χ2v) is 13.3. The van der Waals surface area contributed by atoms with E-state index in [1.165, 1.54) is 18.1 Å². The lowest BCUT2D eigenvalue weighted by Gasteiger charge is -2.28. The fourth-order valence-corrected chi connectivity index (χ4v) is 5.77. The first kappa shape index (κ1) is 35.2. The average molecular weight is 625 g/mol. The molecule has 0 aliphatic carbocycles. The zero-order chi connectivity index (χ0) is 32.2. The third-order valence-electron chi connectivity index (χ3n) is 6.56. The molecular formula is C34H45N2O7P. The Balaban J connectivity index is 1.49. The van der Waals surface area contributed by atoms with Crippen LogP contribution in [0.5, 0.6) is 5.75 Å². The van der Waals surface area contributed by atoms with E-state index in [-0.39, 0.29) is 31.7 Å². The van der Waals surface area contributed by atoms with E-state index in [1.54, 1.807) is 51.1 Å². The third-order valence-corrected chi connectivity index (χ3v) is 8.18. The monoisotopic (exact) mass is 624 g/mol. The van der Waals surface area contributed by atoms with E-state index >= 15 is 0 Å². The molecular weight excluding hydrogens is 579 g/mol. The Hall–Kier alpha value is -3.33. The summed E-state index contributed by atoms with van der Waals surface area (Å²) in [6.45, 7) is 8.90. The zero-order valence-electron chi connectivity index (χ0n) is 26.3. The maximum atomic E-state index is 13.7. The molecule has 3 rings (SSSR count). The van der Waals surface area contributed by atoms with E-state index in [4.69, 9.17) is 24.3 Å². The number of ether oxygens (including phenoxy) is 2. The summed E-state index contributed by atoms with van der Waals surface area (Å²) in [5, 5.41) is 2.65. The Morgan fingerprint density at radius 2 is 1.55 bits per heavy atom. The highest BCUT2D eigenvalue weighted by Gasteiger charge is 2.35. The second-order valence-electron chi connectivity index (χ2n) is 11.6. The number of esters is 1. The molecule has 0 radical (unpaired) electrons. The van der Waals surface area contributed by atoms with Crippen LogP contribution in [0.15, 0.2) is 78.9 Å². The van der Waals surface area contributed by atoms with Crippen molar-refractivity contribution in [3.8, 4) is 5.75 Å². The number of aryl methyl sites for hydroxylation is 2. The maximum absolute atomic E-state index is 13.7. The number of benzene rings is 3. The van der Waals surface area contributed by atoms with Gasteiger partial charge in [-0.1, -0.05) is 72.3 Å². The predicted molar refractivity (Wildman–Crippen MR) is 172 cm³/mol. The first-order valence-electron chi connectivity index (χ1n) is 14.9. The molecule has 44 heavy (non-hydrogen) atoms. The minimum absolute atomic E-state index is 0.0863. The van der Waals surface area contributed by atoms with Crippen molar-refractivity contribution in [2.75, 3.05) is 13.2 Å². The number of carbonyl (C=O) groups is 2. The van der Waals surface area contributed by atoms with Crippen LogP contribution in [0.1, 0.15) is 67.6 Å². The first-order chi connectivity index (χ1) is 20.8. The molecule has 0 saturated heterocycles. The molecule has 3 aromatic carbocycles. The van der Waals surface area contributed by atoms with Gasteiger partial charge in [-0.15, -0.1) is 0 Å². The molecule has 0 fully saturated rings. The fourth-order valence-electron chi connectivity index (χ4n) is 4.15. The van der Waals surface area contributed by atoms with E-state index in [0.717, 1.165) is 18.4 Å². The van der Waals surface area contributed by atoms with Gasteiger partial charge in [0, 0.05) is 12.0 Å². The number of nitrogens with one attached hydrogen (secondary N) is 1. The normalized spacial score (nSPS) is 14.8. The Labute approximate surface area is 261 Å². The summed E-state index contributed by atoms with van der Waals surface area (Å²) in [5.41, 5.74) is 9.38. The quantitative estimate of drug-likeness (QED) is 0.0918. The zero-order valence-corrected chi connectivity index (χ0v) is 27.2. The average Bonchev–Trinajstić information content (AvgIpc) is 2.97. The van der Waals surface area contributed by atoms with Crippen molar-refractivity contribution in [3.63, 3.8) is 0 Å². The van der Waals surface area contributed by atoms with Crippen molar-refractivity contribution in [2.45, 2.75) is 78.2 Å². The lowest BCUT2D eigenvalue weighted by Crippen LogP contribution is -2.46. The summed E-state index contributed by atoms with van der Waals surface area (Å²) >= 11 is 0. The molecule has 3 N–H and O–H groups in total. The molecule has 0 aliphatic rings. The van der Waals surface area contributed by atoms with Crippen molar-refractivity contribution >= 4 is 19.5 Å². The SMILES string of the molecule is Cc1ccc(CCCC(=O)c2ccc(COC[C@@](C)(N)COP(=O)(N[C@@H](C)C(=O)OC(C)C)Oc3ccccc3)cc2)cc1. The Bertz CT molecular complexity index is 1380. The van der Waals surface area contributed by atoms with Gasteiger partial charge in [0.1, 0.15) is 11.8 Å². The van der Waals surface area contributed by atoms with Crippen molar-refractivity contribution < 1.29 is 32.7 Å². The molecule has 0 heterocycles. The maximum Gasteiger partial charge on any atom is 0.459 e. The van der Waals surface area contributed by atoms with Gasteiger partial charge < -0.3 is 19.7 Å². The molecule has 0 bridgehead atoms. The van der Waals surface area contributed by atoms with E-state index in [9.17, 15) is 14.2 Å². The smallest absolute Gasteiger partial charge is 0.459 e. The van der Waals surface area contributed by atoms with Crippen LogP contribution in [0.25, 0.3) is 0 Å². The largest absolute Gasteiger partial charge is 0.462 e. The topological polar surface area (TPSA) is 126 Å². The van der Waals surface area contributed by atoms with Crippen LogP contribution in [0.2, 0.25) is 0 Å². The standard InChI is InChI=1S/C34H45N2O7P/c1-25(2)42-33(38)27(4)36-44(39,43-31-11-7-6-8-12-31)41-24-34(5,35)23-40-22-29-18-20-30(21-19-29)32(37)13-9-10-28-16-14-26(3)15-17-28/h6-8,11-12,14-21,25,27H,9-10,13,22-24,35H2,1-5H3,(H,36,39)/t27-,34+,44?/m0/s1. The summed E-state index contributed by atoms with van der Waals surface area (Å²) in [4.78, 5) is 25.0. The van der Waals surface area contributed by atoms with E-state index in [0.29, 0.717) is 17.7 Å². The number of ketones is 1. The van der Waals surface area contributed by atoms with Gasteiger partial charge in [-0.3, -0.25) is 14.1 Å². The van der Waals surface area contributed by atoms with Crippen molar-refractivity contribution in [1.82, 2.24) is 5.09 Å². The molecule has 0 saturated carbocycles. The van der Waals surface area contributed by atoms with E-state index in [2.05, 4.69) is 36.3 Å². The summed E-state index contributed by atoms with van der Waals surface area (Å²) in [5.74, 6) is -0.177. The Morgan fingerprint density at radius 3 is 2.18 bits per heavy atom. The van der Waals surface area contributed by atoms with E-state index < -0.39 is 25.3 Å². The van der Waals surface area contributed by atoms with Crippen LogP contribution >= 0.6 is 7.75 Å². The molecule has 0 aliphatic heterocycles. The molecule has 3 atom stereocenters. The van der Waals surface area contributed by atoms with Crippen LogP contribution in [0, 0.1) is 6.92 Å². The number of hydrogen-bond donors (Lipinski definition) is 2. The van der Waals surface area contributed by atoms with Crippen molar-refractivity contribution in [1.29, 1.82) is 0 Å². The van der Waals surface area contributed by atoms with Gasteiger partial charge in [0.05, 0.1) is 31.5 Å². The van der Waals surface area contributed by atoms with Crippen LogP contribution in [0.3, 0.4) is 0 Å². The number of Topliss-reactive ketones (excluding diaryl/α,β-unsaturated/α-hetero) is 1. The number of hydrogen-bond acceptors (Lipinski definition) is 8. The molecule has 3 aromatic rings. The first-order valence-corrected chi connectivity index (χ1v) is 16.4. The lowest BCUT2D eigenvalue weighted by molar-refractivity contribution is -0.149. The van der Waals surface area contributed by atoms with Crippen LogP contribution in [-0.2, 0) is 36.4 Å². The Kier molecular flexibility index (Phi) is 13.3. The third kappa shape index (κ3) is 12.3. The highest BCUT2D eigenvalue weighted by molar-refractivity contribution is 7.52. The minimum Gasteiger partial charge on any atom is -0.462 e. The van der Waals surface area contributed by atoms with Crippen LogP contribution in [-0.4, -0.2) is 42.7 Å². The van der Waals surface area contributed by atoms with Gasteiger partial charge in [-0.05, 0) is 70.7 Å². The minimum atomic E-state index is -4.04. The van der Waals surface area contributed by atoms with Gasteiger partial charge >= 0.3 is 13.7 Å². The Morgan fingerprint density at radius 1 is 0.909 bits per heavy atom. The van der Waals surface area contributed by atoms with Crippen LogP contribution in [0.4, 0.5) is 0 Å². The molecule has 0 amide bonds. The van der Waals surface area contributed by atoms with Crippen molar-refractivity contribution in [3.05, 3.63) is 101 Å². The van der Waals surface area contributed by atoms with Crippen molar-refractivity contribution in [2.24, 2.45) is 5.73 Å². The number of rotatable bonds is 18.